The molecule has 2 aromatic rings. The number of hydrogen-bond donors (Lipinski definition) is 1. The predicted molar refractivity (Wildman–Crippen MR) is 92.6 cm³/mol. The quantitative estimate of drug-likeness (QED) is 0.838. The zero-order valence-corrected chi connectivity index (χ0v) is 14.6. The lowest BCUT2D eigenvalue weighted by atomic mass is 10.1. The lowest BCUT2D eigenvalue weighted by Crippen LogP contribution is -2.32. The van der Waals surface area contributed by atoms with Crippen LogP contribution in [0, 0.1) is 5.92 Å². The Morgan fingerprint density at radius 2 is 2.11 bits per heavy atom. The molecule has 5 nitrogen and oxygen atoms in total. The number of alkyl halides is 3. The van der Waals surface area contributed by atoms with Gasteiger partial charge in [-0.1, -0.05) is 18.2 Å². The third kappa shape index (κ3) is 5.96. The Morgan fingerprint density at radius 3 is 2.85 bits per heavy atom. The van der Waals surface area contributed by atoms with Gasteiger partial charge in [0.15, 0.2) is 0 Å². The number of nitrogens with zero attached hydrogens (tertiary/aromatic N) is 2. The Bertz CT molecular complexity index is 768. The van der Waals surface area contributed by atoms with E-state index in [0.29, 0.717) is 38.2 Å². The molecule has 1 saturated heterocycles. The first-order chi connectivity index (χ1) is 12.9. The maximum Gasteiger partial charge on any atom is 0.573 e. The summed E-state index contributed by atoms with van der Waals surface area (Å²) < 4.78 is 40.9. The number of carbonyl (C=O) groups is 1. The van der Waals surface area contributed by atoms with Gasteiger partial charge in [0.25, 0.3) is 0 Å². The van der Waals surface area contributed by atoms with Crippen molar-refractivity contribution in [2.75, 3.05) is 13.1 Å². The molecular formula is C19H20F3N3O2. The summed E-state index contributed by atoms with van der Waals surface area (Å²) in [6, 6.07) is 11.5. The average molecular weight is 379 g/mol. The van der Waals surface area contributed by atoms with Gasteiger partial charge < -0.3 is 10.1 Å². The van der Waals surface area contributed by atoms with Crippen molar-refractivity contribution in [3.05, 3.63) is 59.9 Å². The number of pyridine rings is 1. The van der Waals surface area contributed by atoms with Crippen molar-refractivity contribution in [2.24, 2.45) is 5.92 Å². The molecule has 1 aromatic heterocycles. The van der Waals surface area contributed by atoms with Gasteiger partial charge in [-0.15, -0.1) is 13.2 Å². The molecule has 1 fully saturated rings. The second-order valence-corrected chi connectivity index (χ2v) is 6.45. The summed E-state index contributed by atoms with van der Waals surface area (Å²) >= 11 is 0. The van der Waals surface area contributed by atoms with Crippen LogP contribution in [0.4, 0.5) is 13.2 Å². The third-order valence-corrected chi connectivity index (χ3v) is 4.35. The first-order valence-electron chi connectivity index (χ1n) is 8.64. The van der Waals surface area contributed by atoms with E-state index in [1.165, 1.54) is 18.2 Å². The second kappa shape index (κ2) is 8.39. The zero-order valence-electron chi connectivity index (χ0n) is 14.6. The SMILES string of the molecule is O=C(NCc1ccccn1)C1CCN(Cc2cccc(OC(F)(F)F)c2)C1. The summed E-state index contributed by atoms with van der Waals surface area (Å²) in [7, 11) is 0. The highest BCUT2D eigenvalue weighted by molar-refractivity contribution is 5.79. The number of ether oxygens (including phenoxy) is 1. The van der Waals surface area contributed by atoms with Gasteiger partial charge in [0.2, 0.25) is 5.91 Å². The van der Waals surface area contributed by atoms with Crippen molar-refractivity contribution >= 4 is 5.91 Å². The molecule has 0 radical (unpaired) electrons. The normalized spacial score (nSPS) is 17.7. The van der Waals surface area contributed by atoms with Crippen molar-refractivity contribution in [3.63, 3.8) is 0 Å². The highest BCUT2D eigenvalue weighted by atomic mass is 19.4. The molecule has 8 heteroatoms. The maximum atomic E-state index is 12.3. The molecule has 3 rings (SSSR count). The van der Waals surface area contributed by atoms with Crippen molar-refractivity contribution in [2.45, 2.75) is 25.9 Å². The molecular weight excluding hydrogens is 359 g/mol. The molecule has 1 unspecified atom stereocenters. The Hall–Kier alpha value is -2.61. The van der Waals surface area contributed by atoms with E-state index in [1.807, 2.05) is 18.2 Å². The lowest BCUT2D eigenvalue weighted by Gasteiger charge is -2.17. The van der Waals surface area contributed by atoms with Crippen LogP contribution in [0.3, 0.4) is 0 Å². The fourth-order valence-electron chi connectivity index (χ4n) is 3.11. The summed E-state index contributed by atoms with van der Waals surface area (Å²) in [6.45, 7) is 2.14. The Kier molecular flexibility index (Phi) is 5.95. The summed E-state index contributed by atoms with van der Waals surface area (Å²) in [5, 5.41) is 2.89. The van der Waals surface area contributed by atoms with Gasteiger partial charge in [0.1, 0.15) is 5.75 Å². The first kappa shape index (κ1) is 19.2. The fourth-order valence-corrected chi connectivity index (χ4v) is 3.11. The predicted octanol–water partition coefficient (Wildman–Crippen LogP) is 3.12. The molecule has 27 heavy (non-hydrogen) atoms. The van der Waals surface area contributed by atoms with E-state index in [4.69, 9.17) is 0 Å². The summed E-state index contributed by atoms with van der Waals surface area (Å²) in [6.07, 6.45) is -2.31. The number of halogens is 3. The molecule has 2 heterocycles. The molecule has 144 valence electrons. The van der Waals surface area contributed by atoms with Crippen molar-refractivity contribution in [1.29, 1.82) is 0 Å². The molecule has 1 aliphatic rings. The van der Waals surface area contributed by atoms with Gasteiger partial charge in [0, 0.05) is 19.3 Å². The Labute approximate surface area is 155 Å². The number of likely N-dealkylation sites (tertiary alicyclic amines) is 1. The average Bonchev–Trinajstić information content (AvgIpc) is 3.08. The third-order valence-electron chi connectivity index (χ3n) is 4.35. The van der Waals surface area contributed by atoms with Gasteiger partial charge in [-0.25, -0.2) is 0 Å². The van der Waals surface area contributed by atoms with Gasteiger partial charge in [-0.3, -0.25) is 14.7 Å². The van der Waals surface area contributed by atoms with Crippen LogP contribution in [-0.4, -0.2) is 35.2 Å². The molecule has 1 aromatic carbocycles. The van der Waals surface area contributed by atoms with Crippen LogP contribution in [0.25, 0.3) is 0 Å². The molecule has 0 spiro atoms. The van der Waals surface area contributed by atoms with Gasteiger partial charge in [0.05, 0.1) is 18.2 Å². The van der Waals surface area contributed by atoms with Crippen LogP contribution >= 0.6 is 0 Å². The van der Waals surface area contributed by atoms with E-state index in [0.717, 1.165) is 5.69 Å². The van der Waals surface area contributed by atoms with Gasteiger partial charge >= 0.3 is 6.36 Å². The Balaban J connectivity index is 1.49. The van der Waals surface area contributed by atoms with E-state index in [2.05, 4.69) is 19.9 Å². The number of carbonyl (C=O) groups excluding carboxylic acids is 1. The van der Waals surface area contributed by atoms with Crippen LogP contribution in [0.5, 0.6) is 5.75 Å². The smallest absolute Gasteiger partial charge is 0.406 e. The van der Waals surface area contributed by atoms with Crippen LogP contribution in [0.2, 0.25) is 0 Å². The highest BCUT2D eigenvalue weighted by Gasteiger charge is 2.31. The lowest BCUT2D eigenvalue weighted by molar-refractivity contribution is -0.274. The fraction of sp³-hybridized carbons (Fsp3) is 0.368. The summed E-state index contributed by atoms with van der Waals surface area (Å²) in [4.78, 5) is 18.5. The van der Waals surface area contributed by atoms with Crippen LogP contribution in [0.1, 0.15) is 17.7 Å². The van der Waals surface area contributed by atoms with Crippen LogP contribution < -0.4 is 10.1 Å². The molecule has 0 bridgehead atoms. The van der Waals surface area contributed by atoms with Gasteiger partial charge in [-0.2, -0.15) is 0 Å². The van der Waals surface area contributed by atoms with Crippen LogP contribution in [0.15, 0.2) is 48.7 Å². The molecule has 1 atom stereocenters. The van der Waals surface area contributed by atoms with E-state index >= 15 is 0 Å². The van der Waals surface area contributed by atoms with E-state index in [1.54, 1.807) is 12.3 Å². The second-order valence-electron chi connectivity index (χ2n) is 6.45. The minimum atomic E-state index is -4.71. The van der Waals surface area contributed by atoms with E-state index < -0.39 is 6.36 Å². The maximum absolute atomic E-state index is 12.3. The molecule has 1 amide bonds. The molecule has 1 aliphatic heterocycles. The number of aromatic nitrogens is 1. The first-order valence-corrected chi connectivity index (χ1v) is 8.64. The monoisotopic (exact) mass is 379 g/mol. The number of rotatable bonds is 6. The minimum Gasteiger partial charge on any atom is -0.406 e. The topological polar surface area (TPSA) is 54.5 Å². The number of benzene rings is 1. The minimum absolute atomic E-state index is 0.0303. The van der Waals surface area contributed by atoms with Crippen LogP contribution in [-0.2, 0) is 17.9 Å². The van der Waals surface area contributed by atoms with E-state index in [-0.39, 0.29) is 17.6 Å². The highest BCUT2D eigenvalue weighted by Crippen LogP contribution is 2.25. The van der Waals surface area contributed by atoms with Gasteiger partial charge in [-0.05, 0) is 42.8 Å². The summed E-state index contributed by atoms with van der Waals surface area (Å²) in [5.41, 5.74) is 1.51. The number of nitrogens with one attached hydrogen (secondary N) is 1. The van der Waals surface area contributed by atoms with Crippen molar-refractivity contribution < 1.29 is 22.7 Å². The molecule has 1 N–H and O–H groups in total. The van der Waals surface area contributed by atoms with E-state index in [9.17, 15) is 18.0 Å². The Morgan fingerprint density at radius 1 is 1.26 bits per heavy atom. The standard InChI is InChI=1S/C19H20F3N3O2/c20-19(21,22)27-17-6-3-4-14(10-17)12-25-9-7-15(13-25)18(26)24-11-16-5-1-2-8-23-16/h1-6,8,10,15H,7,9,11-13H2,(H,24,26). The molecule has 0 aliphatic carbocycles. The molecule has 0 saturated carbocycles. The number of hydrogen-bond acceptors (Lipinski definition) is 4. The zero-order chi connectivity index (χ0) is 19.3. The number of amides is 1. The van der Waals surface area contributed by atoms with Crippen molar-refractivity contribution in [1.82, 2.24) is 15.2 Å². The van der Waals surface area contributed by atoms with Crippen molar-refractivity contribution in [3.8, 4) is 5.75 Å². The largest absolute Gasteiger partial charge is 0.573 e. The summed E-state index contributed by atoms with van der Waals surface area (Å²) in [5.74, 6) is -0.399.